The van der Waals surface area contributed by atoms with Crippen molar-refractivity contribution in [3.63, 3.8) is 0 Å². The lowest BCUT2D eigenvalue weighted by Crippen LogP contribution is -2.22. The second-order valence-electron chi connectivity index (χ2n) is 8.21. The van der Waals surface area contributed by atoms with Gasteiger partial charge in [-0.25, -0.2) is 4.98 Å². The van der Waals surface area contributed by atoms with E-state index in [4.69, 9.17) is 9.72 Å². The molecule has 2 aromatic heterocycles. The van der Waals surface area contributed by atoms with Gasteiger partial charge in [-0.1, -0.05) is 24.3 Å². The fraction of sp³-hybridized carbons (Fsp3) is 0.240. The van der Waals surface area contributed by atoms with Crippen molar-refractivity contribution in [2.75, 3.05) is 23.8 Å². The van der Waals surface area contributed by atoms with Crippen molar-refractivity contribution in [2.45, 2.75) is 19.9 Å². The minimum absolute atomic E-state index is 0.00669. The van der Waals surface area contributed by atoms with E-state index in [0.717, 1.165) is 34.7 Å². The van der Waals surface area contributed by atoms with Crippen LogP contribution in [0.2, 0.25) is 0 Å². The first-order chi connectivity index (χ1) is 16.1. The van der Waals surface area contributed by atoms with Crippen LogP contribution in [0.1, 0.15) is 17.5 Å². The number of carbonyl (C=O) groups excluding carboxylic acids is 1. The molecule has 0 spiro atoms. The number of nitrogens with one attached hydrogen (secondary N) is 2. The van der Waals surface area contributed by atoms with Crippen LogP contribution < -0.4 is 10.6 Å². The standard InChI is InChI=1S/C25H25N5O3/c1-16-13-27-30-23(12-21(29-24(16)30)20-7-2-3-8-22(20)31)26-14-17-5-4-6-19(11-17)28-25(32)18-9-10-33-15-18/h2-8,11-13,18,26,31H,9-10,14-15H2,1H3,(H,28,32). The van der Waals surface area contributed by atoms with Gasteiger partial charge in [-0.3, -0.25) is 4.79 Å². The van der Waals surface area contributed by atoms with Gasteiger partial charge in [0.2, 0.25) is 5.91 Å². The number of amides is 1. The van der Waals surface area contributed by atoms with Gasteiger partial charge in [0.1, 0.15) is 11.6 Å². The highest BCUT2D eigenvalue weighted by Gasteiger charge is 2.23. The van der Waals surface area contributed by atoms with Crippen molar-refractivity contribution in [2.24, 2.45) is 5.92 Å². The second-order valence-corrected chi connectivity index (χ2v) is 8.21. The lowest BCUT2D eigenvalue weighted by atomic mass is 10.1. The minimum Gasteiger partial charge on any atom is -0.507 e. The zero-order valence-electron chi connectivity index (χ0n) is 18.3. The molecule has 1 atom stereocenters. The number of aryl methyl sites for hydroxylation is 1. The Labute approximate surface area is 191 Å². The Balaban J connectivity index is 1.38. The Morgan fingerprint density at radius 3 is 2.91 bits per heavy atom. The first-order valence-electron chi connectivity index (χ1n) is 10.9. The zero-order valence-corrected chi connectivity index (χ0v) is 18.3. The van der Waals surface area contributed by atoms with Gasteiger partial charge in [0.15, 0.2) is 5.65 Å². The van der Waals surface area contributed by atoms with Crippen LogP contribution in [0.15, 0.2) is 60.8 Å². The zero-order chi connectivity index (χ0) is 22.8. The van der Waals surface area contributed by atoms with Crippen LogP contribution in [-0.4, -0.2) is 38.8 Å². The van der Waals surface area contributed by atoms with Gasteiger partial charge in [-0.15, -0.1) is 0 Å². The number of anilines is 2. The quantitative estimate of drug-likeness (QED) is 0.417. The normalized spacial score (nSPS) is 15.6. The molecule has 1 fully saturated rings. The smallest absolute Gasteiger partial charge is 0.229 e. The van der Waals surface area contributed by atoms with Crippen molar-refractivity contribution in [3.8, 4) is 17.0 Å². The summed E-state index contributed by atoms with van der Waals surface area (Å²) in [5.41, 5.74) is 4.74. The molecule has 8 heteroatoms. The summed E-state index contributed by atoms with van der Waals surface area (Å²) in [5, 5.41) is 21.2. The number of fused-ring (bicyclic) bond motifs is 1. The second kappa shape index (κ2) is 8.91. The third kappa shape index (κ3) is 4.38. The van der Waals surface area contributed by atoms with E-state index in [2.05, 4.69) is 15.7 Å². The third-order valence-corrected chi connectivity index (χ3v) is 5.80. The molecule has 0 aliphatic carbocycles. The molecule has 1 aliphatic heterocycles. The monoisotopic (exact) mass is 443 g/mol. The predicted octanol–water partition coefficient (Wildman–Crippen LogP) is 4.00. The largest absolute Gasteiger partial charge is 0.507 e. The molecular formula is C25H25N5O3. The number of aromatic hydroxyl groups is 1. The number of nitrogens with zero attached hydrogens (tertiary/aromatic N) is 3. The van der Waals surface area contributed by atoms with E-state index in [1.807, 2.05) is 49.4 Å². The molecular weight excluding hydrogens is 418 g/mol. The molecule has 1 unspecified atom stereocenters. The van der Waals surface area contributed by atoms with Gasteiger partial charge in [-0.2, -0.15) is 9.61 Å². The summed E-state index contributed by atoms with van der Waals surface area (Å²) in [5.74, 6) is 0.831. The van der Waals surface area contributed by atoms with E-state index in [1.165, 1.54) is 0 Å². The molecule has 0 radical (unpaired) electrons. The van der Waals surface area contributed by atoms with Crippen LogP contribution in [0.4, 0.5) is 11.5 Å². The minimum atomic E-state index is -0.0900. The first-order valence-corrected chi connectivity index (χ1v) is 10.9. The van der Waals surface area contributed by atoms with Gasteiger partial charge in [0.05, 0.1) is 24.4 Å². The van der Waals surface area contributed by atoms with Crippen LogP contribution in [0.3, 0.4) is 0 Å². The average molecular weight is 444 g/mol. The molecule has 3 N–H and O–H groups in total. The molecule has 168 valence electrons. The summed E-state index contributed by atoms with van der Waals surface area (Å²) >= 11 is 0. The number of aromatic nitrogens is 3. The summed E-state index contributed by atoms with van der Waals surface area (Å²) in [6, 6.07) is 16.8. The van der Waals surface area contributed by atoms with Crippen molar-refractivity contribution in [3.05, 3.63) is 71.9 Å². The van der Waals surface area contributed by atoms with Crippen molar-refractivity contribution in [1.82, 2.24) is 14.6 Å². The van der Waals surface area contributed by atoms with E-state index < -0.39 is 0 Å². The van der Waals surface area contributed by atoms with Crippen LogP contribution >= 0.6 is 0 Å². The number of rotatable bonds is 6. The number of carbonyl (C=O) groups is 1. The van der Waals surface area contributed by atoms with Crippen molar-refractivity contribution < 1.29 is 14.6 Å². The van der Waals surface area contributed by atoms with Crippen molar-refractivity contribution >= 4 is 23.1 Å². The maximum Gasteiger partial charge on any atom is 0.229 e. The summed E-state index contributed by atoms with van der Waals surface area (Å²) in [4.78, 5) is 17.1. The van der Waals surface area contributed by atoms with Gasteiger partial charge < -0.3 is 20.5 Å². The summed E-state index contributed by atoms with van der Waals surface area (Å²) in [6.45, 7) is 3.59. The Morgan fingerprint density at radius 2 is 2.09 bits per heavy atom. The highest BCUT2D eigenvalue weighted by atomic mass is 16.5. The van der Waals surface area contributed by atoms with E-state index in [9.17, 15) is 9.90 Å². The van der Waals surface area contributed by atoms with Gasteiger partial charge in [0.25, 0.3) is 0 Å². The van der Waals surface area contributed by atoms with Crippen LogP contribution in [-0.2, 0) is 16.1 Å². The van der Waals surface area contributed by atoms with Crippen molar-refractivity contribution in [1.29, 1.82) is 0 Å². The van der Waals surface area contributed by atoms with Crippen LogP contribution in [0.25, 0.3) is 16.9 Å². The lowest BCUT2D eigenvalue weighted by Gasteiger charge is -2.13. The number of phenols is 1. The van der Waals surface area contributed by atoms with Gasteiger partial charge in [-0.05, 0) is 43.2 Å². The van der Waals surface area contributed by atoms with Crippen LogP contribution in [0.5, 0.6) is 5.75 Å². The molecule has 1 amide bonds. The number of para-hydroxylation sites is 1. The Bertz CT molecular complexity index is 1310. The molecule has 3 heterocycles. The van der Waals surface area contributed by atoms with Gasteiger partial charge in [0, 0.05) is 36.0 Å². The first kappa shape index (κ1) is 21.0. The number of phenolic OH excluding ortho intramolecular Hbond substituents is 1. The fourth-order valence-corrected chi connectivity index (χ4v) is 3.96. The molecule has 4 aromatic rings. The number of ether oxygens (including phenoxy) is 1. The third-order valence-electron chi connectivity index (χ3n) is 5.80. The van der Waals surface area contributed by atoms with E-state index in [0.29, 0.717) is 31.0 Å². The molecule has 8 nitrogen and oxygen atoms in total. The molecule has 1 aliphatic rings. The molecule has 0 saturated carbocycles. The molecule has 1 saturated heterocycles. The Hall–Kier alpha value is -3.91. The van der Waals surface area contributed by atoms with E-state index in [-0.39, 0.29) is 17.6 Å². The topological polar surface area (TPSA) is 101 Å². The SMILES string of the molecule is Cc1cnn2c(NCc3cccc(NC(=O)C4CCOC4)c3)cc(-c3ccccc3O)nc12. The van der Waals surface area contributed by atoms with Crippen LogP contribution in [0, 0.1) is 12.8 Å². The molecule has 2 aromatic carbocycles. The molecule has 33 heavy (non-hydrogen) atoms. The summed E-state index contributed by atoms with van der Waals surface area (Å²) in [6.07, 6.45) is 2.53. The van der Waals surface area contributed by atoms with Gasteiger partial charge >= 0.3 is 0 Å². The maximum absolute atomic E-state index is 12.4. The molecule has 5 rings (SSSR count). The number of hydrogen-bond donors (Lipinski definition) is 3. The number of hydrogen-bond acceptors (Lipinski definition) is 6. The average Bonchev–Trinajstić information content (AvgIpc) is 3.49. The summed E-state index contributed by atoms with van der Waals surface area (Å²) < 4.78 is 7.07. The molecule has 0 bridgehead atoms. The highest BCUT2D eigenvalue weighted by molar-refractivity contribution is 5.92. The Kier molecular flexibility index (Phi) is 5.66. The Morgan fingerprint density at radius 1 is 1.21 bits per heavy atom. The summed E-state index contributed by atoms with van der Waals surface area (Å²) in [7, 11) is 0. The highest BCUT2D eigenvalue weighted by Crippen LogP contribution is 2.30. The lowest BCUT2D eigenvalue weighted by molar-refractivity contribution is -0.119. The van der Waals surface area contributed by atoms with E-state index in [1.54, 1.807) is 22.8 Å². The fourth-order valence-electron chi connectivity index (χ4n) is 3.96. The van der Waals surface area contributed by atoms with E-state index >= 15 is 0 Å². The number of benzene rings is 2. The predicted molar refractivity (Wildman–Crippen MR) is 126 cm³/mol. The maximum atomic E-state index is 12.4.